The first-order valence-electron chi connectivity index (χ1n) is 21.3. The highest BCUT2D eigenvalue weighted by Gasteiger charge is 2.82. The van der Waals surface area contributed by atoms with Crippen LogP contribution in [-0.4, -0.2) is 62.5 Å². The number of nitrogens with zero attached hydrogens (tertiary/aromatic N) is 3. The van der Waals surface area contributed by atoms with E-state index in [9.17, 15) is 24.3 Å². The molecule has 8 aliphatic rings. The smallest absolute Gasteiger partial charge is 0.411 e. The van der Waals surface area contributed by atoms with Crippen molar-refractivity contribution in [3.63, 3.8) is 0 Å². The SMILES string of the molecule is CC(C)C1=C2[C@H]3CC[C@@H]4[C@@]5(C)CC[C@H](OC(=O)CC(C)(C)C(=O)O)C6(C)C[C@]65CC[C@@]4(C)[C@]3(C)CC[C@@]2(C2CN(C3(c4ncc(Cl)cn4)CC3)C(=O)O2)CC1=O. The summed E-state index contributed by atoms with van der Waals surface area (Å²) in [4.78, 5) is 64.1. The second-order valence-electron chi connectivity index (χ2n) is 21.5. The zero-order valence-corrected chi connectivity index (χ0v) is 35.3. The number of allylic oxidation sites excluding steroid dienone is 1. The molecule has 0 radical (unpaired) electrons. The number of ether oxygens (including phenoxy) is 2. The normalized spacial score (nSPS) is 43.3. The maximum absolute atomic E-state index is 14.3. The summed E-state index contributed by atoms with van der Waals surface area (Å²) in [5.74, 6) is 0.219. The van der Waals surface area contributed by atoms with Crippen LogP contribution in [0.15, 0.2) is 23.5 Å². The number of hydrogen-bond donors (Lipinski definition) is 1. The van der Waals surface area contributed by atoms with E-state index < -0.39 is 34.4 Å². The lowest BCUT2D eigenvalue weighted by Crippen LogP contribution is -2.65. The van der Waals surface area contributed by atoms with E-state index in [1.54, 1.807) is 26.2 Å². The number of amides is 1. The highest BCUT2D eigenvalue weighted by Crippen LogP contribution is 2.87. The molecular weight excluding hydrogens is 730 g/mol. The van der Waals surface area contributed by atoms with Gasteiger partial charge < -0.3 is 14.6 Å². The van der Waals surface area contributed by atoms with Crippen LogP contribution in [0.5, 0.6) is 0 Å². The van der Waals surface area contributed by atoms with Crippen molar-refractivity contribution in [3.05, 3.63) is 34.4 Å². The molecule has 1 spiro atoms. The lowest BCUT2D eigenvalue weighted by Gasteiger charge is -2.71. The van der Waals surface area contributed by atoms with Gasteiger partial charge in [0.1, 0.15) is 17.7 Å². The molecule has 10 nitrogen and oxygen atoms in total. The molecule has 304 valence electrons. The molecule has 10 atom stereocenters. The molecule has 6 saturated carbocycles. The third-order valence-electron chi connectivity index (χ3n) is 18.6. The number of cyclic esters (lactones) is 1. The lowest BCUT2D eigenvalue weighted by molar-refractivity contribution is -0.220. The molecule has 11 heteroatoms. The number of carboxylic acids is 1. The van der Waals surface area contributed by atoms with Crippen LogP contribution in [0.2, 0.25) is 5.02 Å². The molecule has 2 heterocycles. The largest absolute Gasteiger partial charge is 0.481 e. The number of aromatic nitrogens is 2. The molecule has 7 aliphatic carbocycles. The van der Waals surface area contributed by atoms with E-state index in [1.165, 1.54) is 5.57 Å². The molecule has 1 aliphatic heterocycles. The number of ketones is 1. The van der Waals surface area contributed by atoms with Crippen LogP contribution in [-0.2, 0) is 29.4 Å². The minimum absolute atomic E-state index is 0.0315. The predicted octanol–water partition coefficient (Wildman–Crippen LogP) is 9.09. The summed E-state index contributed by atoms with van der Waals surface area (Å²) in [6, 6.07) is 0. The number of esters is 1. The standard InChI is InChI=1S/C45H60ClN3O7/c1-25(2)33-28(50)19-43(31-23-49(37(54)56-31)44(16-17-44)35-47-21-26(46)22-48-35)15-13-39(5)27(34(33)43)9-10-29-40(39,6)14-18-45-24-42(45,8)30(11-12-41(29,45)7)55-32(51)20-38(3,4)36(52)53/h21-22,25,27,29-31H,9-20,23-24H2,1-8H3,(H,52,53)/t27-,29+,30+,31?,39-,40-,41-,42?,43+,45+/m1/s1. The number of carboxylic acid groups (broad SMARTS) is 1. The number of carbonyl (C=O) groups excluding carboxylic acids is 3. The first-order valence-corrected chi connectivity index (χ1v) is 21.7. The predicted molar refractivity (Wildman–Crippen MR) is 208 cm³/mol. The molecule has 1 N–H and O–H groups in total. The number of aliphatic carboxylic acids is 1. The zero-order valence-electron chi connectivity index (χ0n) is 34.6. The second kappa shape index (κ2) is 11.8. The first kappa shape index (κ1) is 38.5. The van der Waals surface area contributed by atoms with Gasteiger partial charge >= 0.3 is 18.0 Å². The van der Waals surface area contributed by atoms with E-state index >= 15 is 0 Å². The highest BCUT2D eigenvalue weighted by molar-refractivity contribution is 6.30. The van der Waals surface area contributed by atoms with Gasteiger partial charge in [-0.15, -0.1) is 0 Å². The average molecular weight is 790 g/mol. The Morgan fingerprint density at radius 1 is 0.946 bits per heavy atom. The van der Waals surface area contributed by atoms with Crippen LogP contribution in [0.3, 0.4) is 0 Å². The van der Waals surface area contributed by atoms with Crippen molar-refractivity contribution in [1.82, 2.24) is 14.9 Å². The number of halogens is 1. The molecule has 1 aromatic heterocycles. The fraction of sp³-hybridized carbons (Fsp3) is 0.778. The van der Waals surface area contributed by atoms with Crippen LogP contribution in [0.1, 0.15) is 145 Å². The Morgan fingerprint density at radius 3 is 2.27 bits per heavy atom. The minimum atomic E-state index is -1.17. The lowest BCUT2D eigenvalue weighted by atomic mass is 9.33. The van der Waals surface area contributed by atoms with Gasteiger partial charge in [0.2, 0.25) is 0 Å². The van der Waals surface area contributed by atoms with E-state index in [0.29, 0.717) is 29.7 Å². The van der Waals surface area contributed by atoms with Crippen molar-refractivity contribution in [1.29, 1.82) is 0 Å². The Bertz CT molecular complexity index is 1960. The van der Waals surface area contributed by atoms with Gasteiger partial charge in [0, 0.05) is 29.6 Å². The summed E-state index contributed by atoms with van der Waals surface area (Å²) in [7, 11) is 0. The Labute approximate surface area is 336 Å². The molecule has 7 fully saturated rings. The number of Topliss-reactive ketones (excluding diaryl/α,β-unsaturated/α-hetero) is 1. The van der Waals surface area contributed by atoms with Crippen molar-refractivity contribution in [2.75, 3.05) is 6.54 Å². The van der Waals surface area contributed by atoms with Gasteiger partial charge in [0.25, 0.3) is 0 Å². The summed E-state index contributed by atoms with van der Waals surface area (Å²) >= 11 is 6.13. The molecule has 1 aromatic rings. The number of hydrogen-bond acceptors (Lipinski definition) is 8. The Hall–Kier alpha value is -3.01. The second-order valence-corrected chi connectivity index (χ2v) is 21.9. The Morgan fingerprint density at radius 2 is 1.62 bits per heavy atom. The summed E-state index contributed by atoms with van der Waals surface area (Å²) in [5, 5.41) is 10.1. The highest BCUT2D eigenvalue weighted by atomic mass is 35.5. The monoisotopic (exact) mass is 789 g/mol. The molecule has 9 rings (SSSR count). The van der Waals surface area contributed by atoms with Crippen molar-refractivity contribution in [3.8, 4) is 0 Å². The number of carbonyl (C=O) groups is 4. The van der Waals surface area contributed by atoms with Crippen LogP contribution in [0.25, 0.3) is 0 Å². The minimum Gasteiger partial charge on any atom is -0.481 e. The topological polar surface area (TPSA) is 136 Å². The van der Waals surface area contributed by atoms with Crippen molar-refractivity contribution in [2.45, 2.75) is 157 Å². The van der Waals surface area contributed by atoms with E-state index in [2.05, 4.69) is 51.5 Å². The summed E-state index contributed by atoms with van der Waals surface area (Å²) in [5.41, 5.74) is 0.0399. The molecule has 2 unspecified atom stereocenters. The average Bonchev–Trinajstić information content (AvgIpc) is 3.96. The van der Waals surface area contributed by atoms with E-state index in [1.807, 2.05) is 4.90 Å². The number of fused-ring (bicyclic) bond motifs is 6. The van der Waals surface area contributed by atoms with Gasteiger partial charge in [-0.25, -0.2) is 14.8 Å². The first-order chi connectivity index (χ1) is 26.1. The van der Waals surface area contributed by atoms with Gasteiger partial charge in [0.15, 0.2) is 11.6 Å². The molecule has 56 heavy (non-hydrogen) atoms. The van der Waals surface area contributed by atoms with E-state index in [4.69, 9.17) is 21.1 Å². The van der Waals surface area contributed by atoms with Crippen LogP contribution in [0, 0.1) is 55.7 Å². The van der Waals surface area contributed by atoms with Crippen molar-refractivity contribution < 1.29 is 33.8 Å². The van der Waals surface area contributed by atoms with Gasteiger partial charge in [-0.2, -0.15) is 0 Å². The van der Waals surface area contributed by atoms with Crippen LogP contribution < -0.4 is 0 Å². The van der Waals surface area contributed by atoms with Crippen molar-refractivity contribution >= 4 is 35.4 Å². The maximum atomic E-state index is 14.3. The van der Waals surface area contributed by atoms with Gasteiger partial charge in [0.05, 0.1) is 23.4 Å². The fourth-order valence-corrected chi connectivity index (χ4v) is 15.2. The summed E-state index contributed by atoms with van der Waals surface area (Å²) in [6.45, 7) is 17.9. The zero-order chi connectivity index (χ0) is 40.2. The summed E-state index contributed by atoms with van der Waals surface area (Å²) < 4.78 is 12.7. The third-order valence-corrected chi connectivity index (χ3v) is 18.8. The molecule has 0 bridgehead atoms. The molecular formula is C45H60ClN3O7. The quantitative estimate of drug-likeness (QED) is 0.256. The van der Waals surface area contributed by atoms with E-state index in [0.717, 1.165) is 76.2 Å². The molecule has 1 saturated heterocycles. The molecule has 0 aromatic carbocycles. The van der Waals surface area contributed by atoms with Crippen molar-refractivity contribution in [2.24, 2.45) is 55.7 Å². The number of rotatable bonds is 8. The van der Waals surface area contributed by atoms with Gasteiger partial charge in [-0.3, -0.25) is 19.3 Å². The fourth-order valence-electron chi connectivity index (χ4n) is 15.1. The molecule has 1 amide bonds. The van der Waals surface area contributed by atoms with Crippen LogP contribution >= 0.6 is 11.6 Å². The Kier molecular flexibility index (Phi) is 8.12. The summed E-state index contributed by atoms with van der Waals surface area (Å²) in [6.07, 6.45) is 12.9. The van der Waals surface area contributed by atoms with Crippen LogP contribution in [0.4, 0.5) is 4.79 Å². The van der Waals surface area contributed by atoms with E-state index in [-0.39, 0.29) is 63.3 Å². The maximum Gasteiger partial charge on any atom is 0.411 e. The van der Waals surface area contributed by atoms with Gasteiger partial charge in [-0.05, 0) is 135 Å². The third kappa shape index (κ3) is 4.74. The van der Waals surface area contributed by atoms with Gasteiger partial charge in [-0.1, -0.05) is 53.1 Å². The Balaban J connectivity index is 1.01.